The topological polar surface area (TPSA) is 20.2 Å². The molecule has 1 atom stereocenters. The average Bonchev–Trinajstić information content (AvgIpc) is 2.35. The predicted molar refractivity (Wildman–Crippen MR) is 78.5 cm³/mol. The highest BCUT2D eigenvalue weighted by Crippen LogP contribution is 2.27. The molecule has 0 spiro atoms. The first-order valence-corrected chi connectivity index (χ1v) is 8.29. The minimum Gasteiger partial charge on any atom is -0.393 e. The molecule has 1 N–H and O–H groups in total. The first-order chi connectivity index (χ1) is 8.65. The average molecular weight is 333 g/mol. The second-order valence-electron chi connectivity index (χ2n) is 4.89. The molecule has 1 aliphatic rings. The van der Waals surface area contributed by atoms with Gasteiger partial charge >= 0.3 is 0 Å². The van der Waals surface area contributed by atoms with E-state index >= 15 is 0 Å². The summed E-state index contributed by atoms with van der Waals surface area (Å²) in [6.07, 6.45) is 3.15. The SMILES string of the molecule is OC(Cc1cc(Br)ccc1F)CC1CCSCC1. The molecule has 1 heterocycles. The van der Waals surface area contributed by atoms with Crippen molar-refractivity contribution in [2.24, 2.45) is 5.92 Å². The van der Waals surface area contributed by atoms with Gasteiger partial charge in [0.1, 0.15) is 5.82 Å². The summed E-state index contributed by atoms with van der Waals surface area (Å²) in [6, 6.07) is 4.89. The standard InChI is InChI=1S/C14H18BrFOS/c15-12-1-2-14(16)11(8-12)9-13(17)7-10-3-5-18-6-4-10/h1-2,8,10,13,17H,3-7,9H2. The maximum atomic E-state index is 13.6. The van der Waals surface area contributed by atoms with Crippen LogP contribution in [0.2, 0.25) is 0 Å². The molecule has 4 heteroatoms. The highest BCUT2D eigenvalue weighted by molar-refractivity contribution is 9.10. The maximum Gasteiger partial charge on any atom is 0.126 e. The van der Waals surface area contributed by atoms with Crippen LogP contribution in [0.5, 0.6) is 0 Å². The highest BCUT2D eigenvalue weighted by atomic mass is 79.9. The Bertz CT molecular complexity index is 393. The van der Waals surface area contributed by atoms with Crippen molar-refractivity contribution >= 4 is 27.7 Å². The molecule has 0 aromatic heterocycles. The van der Waals surface area contributed by atoms with Crippen LogP contribution < -0.4 is 0 Å². The monoisotopic (exact) mass is 332 g/mol. The van der Waals surface area contributed by atoms with Crippen molar-refractivity contribution in [1.82, 2.24) is 0 Å². The fourth-order valence-electron chi connectivity index (χ4n) is 2.40. The van der Waals surface area contributed by atoms with E-state index in [9.17, 15) is 9.50 Å². The van der Waals surface area contributed by atoms with Crippen molar-refractivity contribution in [2.75, 3.05) is 11.5 Å². The van der Waals surface area contributed by atoms with Crippen molar-refractivity contribution in [1.29, 1.82) is 0 Å². The van der Waals surface area contributed by atoms with Gasteiger partial charge in [-0.05, 0) is 60.4 Å². The Hall–Kier alpha value is -0.0600. The Morgan fingerprint density at radius 1 is 1.39 bits per heavy atom. The molecule has 1 aromatic carbocycles. The van der Waals surface area contributed by atoms with E-state index in [1.165, 1.54) is 30.4 Å². The van der Waals surface area contributed by atoms with Crippen LogP contribution in [0, 0.1) is 11.7 Å². The van der Waals surface area contributed by atoms with Gasteiger partial charge in [-0.2, -0.15) is 11.8 Å². The number of aliphatic hydroxyl groups is 1. The molecule has 0 radical (unpaired) electrons. The molecule has 1 saturated heterocycles. The first-order valence-electron chi connectivity index (χ1n) is 6.35. The number of aliphatic hydroxyl groups excluding tert-OH is 1. The van der Waals surface area contributed by atoms with Crippen molar-refractivity contribution in [3.05, 3.63) is 34.1 Å². The number of hydrogen-bond acceptors (Lipinski definition) is 2. The Morgan fingerprint density at radius 3 is 2.83 bits per heavy atom. The smallest absolute Gasteiger partial charge is 0.126 e. The molecule has 1 nitrogen and oxygen atoms in total. The van der Waals surface area contributed by atoms with E-state index in [1.54, 1.807) is 12.1 Å². The fourth-order valence-corrected chi connectivity index (χ4v) is 4.02. The normalized spacial score (nSPS) is 18.8. The summed E-state index contributed by atoms with van der Waals surface area (Å²) in [7, 11) is 0. The number of halogens is 2. The van der Waals surface area contributed by atoms with E-state index in [4.69, 9.17) is 0 Å². The third-order valence-corrected chi connectivity index (χ3v) is 4.95. The third kappa shape index (κ3) is 4.25. The van der Waals surface area contributed by atoms with Crippen molar-refractivity contribution in [3.8, 4) is 0 Å². The van der Waals surface area contributed by atoms with Gasteiger partial charge in [-0.25, -0.2) is 4.39 Å². The van der Waals surface area contributed by atoms with Crippen molar-refractivity contribution in [3.63, 3.8) is 0 Å². The van der Waals surface area contributed by atoms with Gasteiger partial charge in [0, 0.05) is 10.9 Å². The zero-order chi connectivity index (χ0) is 13.0. The largest absolute Gasteiger partial charge is 0.393 e. The predicted octanol–water partition coefficient (Wildman–Crippen LogP) is 4.02. The van der Waals surface area contributed by atoms with Crippen LogP contribution in [-0.2, 0) is 6.42 Å². The van der Waals surface area contributed by atoms with E-state index in [1.807, 2.05) is 11.8 Å². The zero-order valence-corrected chi connectivity index (χ0v) is 12.6. The van der Waals surface area contributed by atoms with Crippen LogP contribution in [0.3, 0.4) is 0 Å². The molecule has 1 fully saturated rings. The Morgan fingerprint density at radius 2 is 2.11 bits per heavy atom. The van der Waals surface area contributed by atoms with Gasteiger partial charge in [0.25, 0.3) is 0 Å². The molecule has 1 unspecified atom stereocenters. The van der Waals surface area contributed by atoms with Crippen LogP contribution in [-0.4, -0.2) is 22.7 Å². The van der Waals surface area contributed by atoms with Gasteiger partial charge in [0.2, 0.25) is 0 Å². The summed E-state index contributed by atoms with van der Waals surface area (Å²) in [5, 5.41) is 10.1. The van der Waals surface area contributed by atoms with Crippen LogP contribution in [0.1, 0.15) is 24.8 Å². The van der Waals surface area contributed by atoms with E-state index in [0.717, 1.165) is 10.9 Å². The lowest BCUT2D eigenvalue weighted by molar-refractivity contribution is 0.138. The van der Waals surface area contributed by atoms with Gasteiger partial charge < -0.3 is 5.11 Å². The molecule has 1 aliphatic heterocycles. The molecule has 18 heavy (non-hydrogen) atoms. The quantitative estimate of drug-likeness (QED) is 0.898. The zero-order valence-electron chi connectivity index (χ0n) is 10.2. The Kier molecular flexibility index (Phi) is 5.52. The summed E-state index contributed by atoms with van der Waals surface area (Å²) >= 11 is 5.32. The maximum absolute atomic E-state index is 13.6. The minimum atomic E-state index is -0.429. The van der Waals surface area contributed by atoms with E-state index in [2.05, 4.69) is 15.9 Å². The lowest BCUT2D eigenvalue weighted by Crippen LogP contribution is -2.20. The van der Waals surface area contributed by atoms with Gasteiger partial charge in [-0.3, -0.25) is 0 Å². The first kappa shape index (κ1) is 14.4. The summed E-state index contributed by atoms with van der Waals surface area (Å²) in [5.41, 5.74) is 0.599. The fraction of sp³-hybridized carbons (Fsp3) is 0.571. The molecule has 0 amide bonds. The van der Waals surface area contributed by atoms with Gasteiger partial charge in [-0.15, -0.1) is 0 Å². The minimum absolute atomic E-state index is 0.226. The Labute approximate surface area is 120 Å². The van der Waals surface area contributed by atoms with Crippen molar-refractivity contribution < 1.29 is 9.50 Å². The molecular weight excluding hydrogens is 315 g/mol. The van der Waals surface area contributed by atoms with Gasteiger partial charge in [0.15, 0.2) is 0 Å². The number of thioether (sulfide) groups is 1. The summed E-state index contributed by atoms with van der Waals surface area (Å²) < 4.78 is 14.4. The summed E-state index contributed by atoms with van der Waals surface area (Å²) in [4.78, 5) is 0. The highest BCUT2D eigenvalue weighted by Gasteiger charge is 2.18. The van der Waals surface area contributed by atoms with Crippen molar-refractivity contribution in [2.45, 2.75) is 31.8 Å². The summed E-state index contributed by atoms with van der Waals surface area (Å²) in [6.45, 7) is 0. The second-order valence-corrected chi connectivity index (χ2v) is 7.03. The number of rotatable bonds is 4. The van der Waals surface area contributed by atoms with Crippen LogP contribution in [0.4, 0.5) is 4.39 Å². The number of benzene rings is 1. The van der Waals surface area contributed by atoms with Gasteiger partial charge in [0.05, 0.1) is 6.10 Å². The molecule has 2 rings (SSSR count). The molecular formula is C14H18BrFOS. The molecule has 1 aromatic rings. The van der Waals surface area contributed by atoms with Gasteiger partial charge in [-0.1, -0.05) is 15.9 Å². The van der Waals surface area contributed by atoms with Crippen LogP contribution in [0.25, 0.3) is 0 Å². The summed E-state index contributed by atoms with van der Waals surface area (Å²) in [5.74, 6) is 2.78. The third-order valence-electron chi connectivity index (χ3n) is 3.41. The number of hydrogen-bond donors (Lipinski definition) is 1. The molecule has 0 bridgehead atoms. The molecule has 0 saturated carbocycles. The Balaban J connectivity index is 1.89. The molecule has 100 valence electrons. The van der Waals surface area contributed by atoms with E-state index < -0.39 is 6.10 Å². The lowest BCUT2D eigenvalue weighted by atomic mass is 9.93. The molecule has 0 aliphatic carbocycles. The van der Waals surface area contributed by atoms with Crippen LogP contribution >= 0.6 is 27.7 Å². The van der Waals surface area contributed by atoms with E-state index in [0.29, 0.717) is 17.9 Å². The lowest BCUT2D eigenvalue weighted by Gasteiger charge is -2.23. The van der Waals surface area contributed by atoms with Crippen LogP contribution in [0.15, 0.2) is 22.7 Å². The second kappa shape index (κ2) is 6.92. The van der Waals surface area contributed by atoms with E-state index in [-0.39, 0.29) is 5.82 Å².